The van der Waals surface area contributed by atoms with Gasteiger partial charge in [-0.2, -0.15) is 10.5 Å². The molecule has 6 nitrogen and oxygen atoms in total. The molecular formula is C46H26N4O2. The second-order valence-electron chi connectivity index (χ2n) is 12.6. The van der Waals surface area contributed by atoms with Crippen LogP contribution in [0.5, 0.6) is 0 Å². The fraction of sp³-hybridized carbons (Fsp3) is 0. The van der Waals surface area contributed by atoms with Crippen molar-refractivity contribution in [1.82, 2.24) is 4.57 Å². The number of carbonyl (C=O) groups is 2. The van der Waals surface area contributed by atoms with Crippen LogP contribution in [0.3, 0.4) is 0 Å². The number of rotatable bonds is 5. The summed E-state index contributed by atoms with van der Waals surface area (Å²) in [5.74, 6) is -0.831. The molecule has 1 aliphatic heterocycles. The zero-order chi connectivity index (χ0) is 35.3. The van der Waals surface area contributed by atoms with Crippen LogP contribution in [0.25, 0.3) is 60.9 Å². The number of benzene rings is 7. The normalized spacial score (nSPS) is 12.2. The lowest BCUT2D eigenvalue weighted by Gasteiger charge is -2.17. The fourth-order valence-electron chi connectivity index (χ4n) is 7.54. The van der Waals surface area contributed by atoms with Gasteiger partial charge in [0.1, 0.15) is 0 Å². The van der Waals surface area contributed by atoms with Crippen LogP contribution in [0.4, 0.5) is 5.69 Å². The van der Waals surface area contributed by atoms with Crippen LogP contribution < -0.4 is 4.90 Å². The van der Waals surface area contributed by atoms with E-state index in [4.69, 9.17) is 0 Å². The third kappa shape index (κ3) is 4.56. The topological polar surface area (TPSA) is 89.9 Å². The predicted octanol–water partition coefficient (Wildman–Crippen LogP) is 10.3. The first-order valence-corrected chi connectivity index (χ1v) is 16.8. The van der Waals surface area contributed by atoms with Gasteiger partial charge in [0.25, 0.3) is 11.8 Å². The Bertz CT molecular complexity index is 2740. The number of fused-ring (bicyclic) bond motifs is 4. The number of para-hydroxylation sites is 2. The van der Waals surface area contributed by atoms with Crippen LogP contribution in [-0.2, 0) is 0 Å². The summed E-state index contributed by atoms with van der Waals surface area (Å²) in [6.07, 6.45) is 0. The van der Waals surface area contributed by atoms with Crippen molar-refractivity contribution < 1.29 is 9.59 Å². The van der Waals surface area contributed by atoms with Gasteiger partial charge < -0.3 is 4.57 Å². The summed E-state index contributed by atoms with van der Waals surface area (Å²) >= 11 is 0. The van der Waals surface area contributed by atoms with E-state index in [0.717, 1.165) is 55.2 Å². The summed E-state index contributed by atoms with van der Waals surface area (Å²) in [7, 11) is 0. The molecule has 0 atom stereocenters. The first kappa shape index (κ1) is 30.5. The van der Waals surface area contributed by atoms with E-state index in [2.05, 4.69) is 12.1 Å². The quantitative estimate of drug-likeness (QED) is 0.171. The number of amides is 2. The molecule has 0 bridgehead atoms. The molecule has 0 spiro atoms. The van der Waals surface area contributed by atoms with Crippen LogP contribution in [0.1, 0.15) is 31.8 Å². The van der Waals surface area contributed by atoms with Gasteiger partial charge in [0.05, 0.1) is 56.8 Å². The van der Waals surface area contributed by atoms with Gasteiger partial charge >= 0.3 is 0 Å². The Kier molecular flexibility index (Phi) is 7.10. The van der Waals surface area contributed by atoms with Crippen LogP contribution in [0, 0.1) is 22.7 Å². The van der Waals surface area contributed by atoms with Crippen molar-refractivity contribution in [3.63, 3.8) is 0 Å². The van der Waals surface area contributed by atoms with E-state index in [1.54, 1.807) is 36.4 Å². The van der Waals surface area contributed by atoms with Crippen LogP contribution in [0.15, 0.2) is 158 Å². The highest BCUT2D eigenvalue weighted by Crippen LogP contribution is 2.45. The van der Waals surface area contributed by atoms with Crippen molar-refractivity contribution in [2.45, 2.75) is 0 Å². The minimum absolute atomic E-state index is 0.283. The van der Waals surface area contributed by atoms with E-state index in [0.29, 0.717) is 28.1 Å². The number of imide groups is 1. The van der Waals surface area contributed by atoms with Crippen molar-refractivity contribution in [1.29, 1.82) is 10.5 Å². The van der Waals surface area contributed by atoms with E-state index < -0.39 is 11.8 Å². The number of hydrogen-bond acceptors (Lipinski definition) is 4. The molecule has 0 aliphatic carbocycles. The summed E-state index contributed by atoms with van der Waals surface area (Å²) in [5.41, 5.74) is 9.27. The zero-order valence-corrected chi connectivity index (χ0v) is 27.6. The fourth-order valence-corrected chi connectivity index (χ4v) is 7.54. The largest absolute Gasteiger partial charge is 0.307 e. The van der Waals surface area contributed by atoms with E-state index >= 15 is 0 Å². The first-order chi connectivity index (χ1) is 25.6. The molecule has 0 saturated carbocycles. The molecule has 0 N–H and O–H groups in total. The lowest BCUT2D eigenvalue weighted by atomic mass is 9.96. The van der Waals surface area contributed by atoms with Crippen LogP contribution >= 0.6 is 0 Å². The Morgan fingerprint density at radius 1 is 0.423 bits per heavy atom. The van der Waals surface area contributed by atoms with Crippen LogP contribution in [-0.4, -0.2) is 16.4 Å². The second-order valence-corrected chi connectivity index (χ2v) is 12.6. The maximum absolute atomic E-state index is 14.7. The van der Waals surface area contributed by atoms with Crippen molar-refractivity contribution in [3.05, 3.63) is 180 Å². The maximum Gasteiger partial charge on any atom is 0.268 e. The van der Waals surface area contributed by atoms with E-state index in [9.17, 15) is 20.1 Å². The molecule has 7 aromatic carbocycles. The van der Waals surface area contributed by atoms with E-state index in [1.807, 2.05) is 126 Å². The third-order valence-corrected chi connectivity index (χ3v) is 9.85. The molecule has 0 radical (unpaired) electrons. The molecule has 0 unspecified atom stereocenters. The molecule has 6 heteroatoms. The van der Waals surface area contributed by atoms with Gasteiger partial charge in [-0.3, -0.25) is 9.59 Å². The molecule has 52 heavy (non-hydrogen) atoms. The van der Waals surface area contributed by atoms with Gasteiger partial charge in [-0.25, -0.2) is 4.90 Å². The molecule has 1 aliphatic rings. The standard InChI is InChI=1S/C46H26N4O2/c47-27-31-13-4-6-15-34(31)36-17-8-19-38-39-20-9-18-37(35-16-7-5-14-32(35)28-48)44(39)50(43(36)38)41-22-10-21-40-42(41)46(52)49(45(40)51)33-25-23-30(24-26-33)29-11-2-1-3-12-29/h1-26H. The maximum atomic E-state index is 14.7. The summed E-state index contributed by atoms with van der Waals surface area (Å²) in [4.78, 5) is 30.1. The molecule has 8 aromatic rings. The summed E-state index contributed by atoms with van der Waals surface area (Å²) in [6, 6.07) is 54.3. The van der Waals surface area contributed by atoms with Crippen molar-refractivity contribution in [2.24, 2.45) is 0 Å². The highest BCUT2D eigenvalue weighted by Gasteiger charge is 2.39. The molecule has 9 rings (SSSR count). The summed E-state index contributed by atoms with van der Waals surface area (Å²) < 4.78 is 2.05. The minimum atomic E-state index is -0.428. The molecule has 2 heterocycles. The Hall–Kier alpha value is -7.54. The first-order valence-electron chi connectivity index (χ1n) is 16.8. The highest BCUT2D eigenvalue weighted by molar-refractivity contribution is 6.36. The predicted molar refractivity (Wildman–Crippen MR) is 204 cm³/mol. The lowest BCUT2D eigenvalue weighted by Crippen LogP contribution is -2.29. The molecule has 2 amide bonds. The van der Waals surface area contributed by atoms with Gasteiger partial charge in [0, 0.05) is 33.0 Å². The Morgan fingerprint density at radius 3 is 1.48 bits per heavy atom. The monoisotopic (exact) mass is 666 g/mol. The van der Waals surface area contributed by atoms with E-state index in [-0.39, 0.29) is 5.56 Å². The molecule has 0 fully saturated rings. The van der Waals surface area contributed by atoms with Gasteiger partial charge in [0.2, 0.25) is 0 Å². The third-order valence-electron chi connectivity index (χ3n) is 9.85. The summed E-state index contributed by atoms with van der Waals surface area (Å²) in [5, 5.41) is 22.1. The van der Waals surface area contributed by atoms with Gasteiger partial charge in [0.15, 0.2) is 0 Å². The Morgan fingerprint density at radius 2 is 0.904 bits per heavy atom. The van der Waals surface area contributed by atoms with Crippen molar-refractivity contribution in [3.8, 4) is 51.2 Å². The SMILES string of the molecule is N#Cc1ccccc1-c1cccc2c3cccc(-c4ccccc4C#N)c3n(-c3cccc4c3C(=O)N(c3ccc(-c5ccccc5)cc3)C4=O)c12. The van der Waals surface area contributed by atoms with Crippen molar-refractivity contribution in [2.75, 3.05) is 4.90 Å². The number of nitriles is 2. The number of nitrogens with zero attached hydrogens (tertiary/aromatic N) is 4. The summed E-state index contributed by atoms with van der Waals surface area (Å²) in [6.45, 7) is 0. The van der Waals surface area contributed by atoms with E-state index in [1.165, 1.54) is 4.90 Å². The van der Waals surface area contributed by atoms with Crippen LogP contribution in [0.2, 0.25) is 0 Å². The Labute approximate surface area is 299 Å². The number of anilines is 1. The van der Waals surface area contributed by atoms with Gasteiger partial charge in [-0.1, -0.05) is 121 Å². The van der Waals surface area contributed by atoms with Gasteiger partial charge in [-0.05, 0) is 47.5 Å². The number of aromatic nitrogens is 1. The average molecular weight is 667 g/mol. The second kappa shape index (κ2) is 12.1. The van der Waals surface area contributed by atoms with Gasteiger partial charge in [-0.15, -0.1) is 0 Å². The lowest BCUT2D eigenvalue weighted by molar-refractivity contribution is 0.0926. The van der Waals surface area contributed by atoms with Crippen molar-refractivity contribution >= 4 is 39.3 Å². The minimum Gasteiger partial charge on any atom is -0.307 e. The zero-order valence-electron chi connectivity index (χ0n) is 27.6. The smallest absolute Gasteiger partial charge is 0.268 e. The molecular weight excluding hydrogens is 641 g/mol. The number of carbonyl (C=O) groups excluding carboxylic acids is 2. The molecule has 1 aromatic heterocycles. The number of hydrogen-bond donors (Lipinski definition) is 0. The molecule has 0 saturated heterocycles. The highest BCUT2D eigenvalue weighted by atomic mass is 16.2. The Balaban J connectivity index is 1.33. The molecule has 242 valence electrons. The average Bonchev–Trinajstić information content (AvgIpc) is 3.69.